The normalized spacial score (nSPS) is 27.4. The van der Waals surface area contributed by atoms with Crippen LogP contribution in [0.1, 0.15) is 58.3 Å². The summed E-state index contributed by atoms with van der Waals surface area (Å²) in [7, 11) is 0. The van der Waals surface area contributed by atoms with Gasteiger partial charge in [-0.1, -0.05) is 5.57 Å². The van der Waals surface area contributed by atoms with Gasteiger partial charge in [-0.15, -0.1) is 0 Å². The van der Waals surface area contributed by atoms with Crippen LogP contribution in [0, 0.1) is 5.92 Å². The van der Waals surface area contributed by atoms with Crippen LogP contribution in [0.5, 0.6) is 0 Å². The van der Waals surface area contributed by atoms with E-state index < -0.39 is 0 Å². The zero-order valence-corrected chi connectivity index (χ0v) is 14.9. The van der Waals surface area contributed by atoms with Gasteiger partial charge in [0, 0.05) is 25.2 Å². The quantitative estimate of drug-likeness (QED) is 0.774. The molecule has 0 aromatic heterocycles. The number of likely N-dealkylation sites (tertiary alicyclic amines) is 1. The van der Waals surface area contributed by atoms with E-state index in [1.54, 1.807) is 0 Å². The second kappa shape index (κ2) is 8.15. The van der Waals surface area contributed by atoms with Gasteiger partial charge in [0.05, 0.1) is 6.04 Å². The standard InChI is InChI=1S/C19H31N3O2/c1-14(16-7-2-3-8-16)19(24)22-11-5-6-15(13-22)12-21-18(23)17-9-4-10-20-17/h15,17,20H,2-13H2,1H3,(H,21,23)/t15-,17-/m1/s1. The van der Waals surface area contributed by atoms with Gasteiger partial charge in [0.25, 0.3) is 0 Å². The van der Waals surface area contributed by atoms with E-state index in [2.05, 4.69) is 10.6 Å². The van der Waals surface area contributed by atoms with Crippen LogP contribution in [0.2, 0.25) is 0 Å². The summed E-state index contributed by atoms with van der Waals surface area (Å²) in [6.07, 6.45) is 8.80. The Morgan fingerprint density at radius 2 is 1.96 bits per heavy atom. The van der Waals surface area contributed by atoms with E-state index in [1.807, 2.05) is 11.8 Å². The van der Waals surface area contributed by atoms with Gasteiger partial charge in [-0.25, -0.2) is 0 Å². The summed E-state index contributed by atoms with van der Waals surface area (Å²) in [5.74, 6) is 0.732. The molecule has 2 atom stereocenters. The number of hydrogen-bond acceptors (Lipinski definition) is 3. The average molecular weight is 333 g/mol. The molecule has 5 heteroatoms. The fourth-order valence-electron chi connectivity index (χ4n) is 4.26. The lowest BCUT2D eigenvalue weighted by Gasteiger charge is -2.33. The maximum Gasteiger partial charge on any atom is 0.249 e. The zero-order chi connectivity index (χ0) is 16.9. The summed E-state index contributed by atoms with van der Waals surface area (Å²) < 4.78 is 0. The van der Waals surface area contributed by atoms with Gasteiger partial charge in [0.1, 0.15) is 0 Å². The Labute approximate surface area is 145 Å². The second-order valence-corrected chi connectivity index (χ2v) is 7.59. The summed E-state index contributed by atoms with van der Waals surface area (Å²) in [5.41, 5.74) is 2.34. The van der Waals surface area contributed by atoms with Crippen LogP contribution in [-0.2, 0) is 9.59 Å². The third kappa shape index (κ3) is 4.18. The molecule has 0 spiro atoms. The smallest absolute Gasteiger partial charge is 0.249 e. The number of hydrogen-bond donors (Lipinski definition) is 2. The third-order valence-electron chi connectivity index (χ3n) is 5.81. The minimum absolute atomic E-state index is 0.0133. The summed E-state index contributed by atoms with van der Waals surface area (Å²) in [4.78, 5) is 26.9. The van der Waals surface area contributed by atoms with Gasteiger partial charge in [-0.3, -0.25) is 9.59 Å². The van der Waals surface area contributed by atoms with Crippen molar-refractivity contribution in [2.75, 3.05) is 26.2 Å². The molecule has 134 valence electrons. The fraction of sp³-hybridized carbons (Fsp3) is 0.789. The molecule has 2 amide bonds. The van der Waals surface area contributed by atoms with Crippen molar-refractivity contribution in [3.05, 3.63) is 11.1 Å². The molecule has 0 aromatic rings. The van der Waals surface area contributed by atoms with Gasteiger partial charge in [0.15, 0.2) is 0 Å². The topological polar surface area (TPSA) is 61.4 Å². The number of rotatable bonds is 4. The minimum atomic E-state index is -0.0133. The third-order valence-corrected chi connectivity index (χ3v) is 5.81. The molecule has 2 aliphatic heterocycles. The van der Waals surface area contributed by atoms with Gasteiger partial charge < -0.3 is 15.5 Å². The molecule has 0 unspecified atom stereocenters. The van der Waals surface area contributed by atoms with Crippen molar-refractivity contribution in [1.29, 1.82) is 0 Å². The Kier molecular flexibility index (Phi) is 5.93. The van der Waals surface area contributed by atoms with Crippen molar-refractivity contribution in [2.45, 2.75) is 64.3 Å². The van der Waals surface area contributed by atoms with Crippen molar-refractivity contribution >= 4 is 11.8 Å². The highest BCUT2D eigenvalue weighted by molar-refractivity contribution is 5.93. The SMILES string of the molecule is CC(C(=O)N1CCC[C@H](CNC(=O)[C@H]2CCCN2)C1)=C1CCCC1. The minimum Gasteiger partial charge on any atom is -0.354 e. The first-order valence-corrected chi connectivity index (χ1v) is 9.64. The molecule has 3 rings (SSSR count). The van der Waals surface area contributed by atoms with Crippen molar-refractivity contribution in [1.82, 2.24) is 15.5 Å². The number of allylic oxidation sites excluding steroid dienone is 1. The van der Waals surface area contributed by atoms with Gasteiger partial charge in [-0.05, 0) is 70.8 Å². The molecule has 2 N–H and O–H groups in total. The maximum atomic E-state index is 12.7. The maximum absolute atomic E-state index is 12.7. The highest BCUT2D eigenvalue weighted by Crippen LogP contribution is 2.28. The van der Waals surface area contributed by atoms with E-state index in [-0.39, 0.29) is 17.9 Å². The van der Waals surface area contributed by atoms with Crippen molar-refractivity contribution < 1.29 is 9.59 Å². The van der Waals surface area contributed by atoms with Crippen molar-refractivity contribution in [2.24, 2.45) is 5.92 Å². The molecule has 3 fully saturated rings. The predicted molar refractivity (Wildman–Crippen MR) is 94.5 cm³/mol. The number of nitrogens with one attached hydrogen (secondary N) is 2. The van der Waals surface area contributed by atoms with Gasteiger partial charge >= 0.3 is 0 Å². The van der Waals surface area contributed by atoms with E-state index >= 15 is 0 Å². The van der Waals surface area contributed by atoms with Crippen LogP contribution in [0.15, 0.2) is 11.1 Å². The van der Waals surface area contributed by atoms with Gasteiger partial charge in [-0.2, -0.15) is 0 Å². The first-order chi connectivity index (χ1) is 11.6. The summed E-state index contributed by atoms with van der Waals surface area (Å²) in [5, 5.41) is 6.32. The van der Waals surface area contributed by atoms with Crippen LogP contribution < -0.4 is 10.6 Å². The first-order valence-electron chi connectivity index (χ1n) is 9.64. The molecule has 2 heterocycles. The van der Waals surface area contributed by atoms with Crippen molar-refractivity contribution in [3.63, 3.8) is 0 Å². The Morgan fingerprint density at radius 3 is 2.67 bits per heavy atom. The Balaban J connectivity index is 1.49. The van der Waals surface area contributed by atoms with E-state index in [9.17, 15) is 9.59 Å². The first kappa shape index (κ1) is 17.5. The fourth-order valence-corrected chi connectivity index (χ4v) is 4.26. The molecule has 24 heavy (non-hydrogen) atoms. The Bertz CT molecular complexity index is 501. The molecule has 0 bridgehead atoms. The molecule has 5 nitrogen and oxygen atoms in total. The lowest BCUT2D eigenvalue weighted by Crippen LogP contribution is -2.47. The predicted octanol–water partition coefficient (Wildman–Crippen LogP) is 1.98. The van der Waals surface area contributed by atoms with Crippen LogP contribution >= 0.6 is 0 Å². The summed E-state index contributed by atoms with van der Waals surface area (Å²) >= 11 is 0. The summed E-state index contributed by atoms with van der Waals surface area (Å²) in [6, 6.07) is -0.0133. The highest BCUT2D eigenvalue weighted by Gasteiger charge is 2.27. The summed E-state index contributed by atoms with van der Waals surface area (Å²) in [6.45, 7) is 5.27. The average Bonchev–Trinajstić information content (AvgIpc) is 3.32. The Hall–Kier alpha value is -1.36. The number of amides is 2. The highest BCUT2D eigenvalue weighted by atomic mass is 16.2. The zero-order valence-electron chi connectivity index (χ0n) is 14.9. The largest absolute Gasteiger partial charge is 0.354 e. The van der Waals surface area contributed by atoms with Gasteiger partial charge in [0.2, 0.25) is 11.8 Å². The van der Waals surface area contributed by atoms with Crippen LogP contribution in [0.25, 0.3) is 0 Å². The van der Waals surface area contributed by atoms with Crippen LogP contribution in [-0.4, -0.2) is 48.9 Å². The number of carbonyl (C=O) groups excluding carboxylic acids is 2. The molecule has 3 aliphatic rings. The van der Waals surface area contributed by atoms with Crippen LogP contribution in [0.3, 0.4) is 0 Å². The van der Waals surface area contributed by atoms with Crippen molar-refractivity contribution in [3.8, 4) is 0 Å². The monoisotopic (exact) mass is 333 g/mol. The van der Waals surface area contributed by atoms with Crippen LogP contribution in [0.4, 0.5) is 0 Å². The molecule has 1 saturated carbocycles. The molecule has 0 radical (unpaired) electrons. The molecule has 2 saturated heterocycles. The van der Waals surface area contributed by atoms with E-state index in [4.69, 9.17) is 0 Å². The number of carbonyl (C=O) groups is 2. The number of nitrogens with zero attached hydrogens (tertiary/aromatic N) is 1. The lowest BCUT2D eigenvalue weighted by molar-refractivity contribution is -0.128. The molecular weight excluding hydrogens is 302 g/mol. The molecular formula is C19H31N3O2. The van der Waals surface area contributed by atoms with E-state index in [1.165, 1.54) is 18.4 Å². The molecule has 1 aliphatic carbocycles. The van der Waals surface area contributed by atoms with E-state index in [0.717, 1.165) is 63.7 Å². The lowest BCUT2D eigenvalue weighted by atomic mass is 9.96. The van der Waals surface area contributed by atoms with E-state index in [0.29, 0.717) is 12.5 Å². The number of piperidine rings is 1. The molecule has 0 aromatic carbocycles. The Morgan fingerprint density at radius 1 is 1.17 bits per heavy atom. The second-order valence-electron chi connectivity index (χ2n) is 7.59.